The fourth-order valence-corrected chi connectivity index (χ4v) is 4.32. The summed E-state index contributed by atoms with van der Waals surface area (Å²) in [5.41, 5.74) is 1.10. The first kappa shape index (κ1) is 26.4. The second kappa shape index (κ2) is 12.0. The number of hydrogen-bond acceptors (Lipinski definition) is 7. The van der Waals surface area contributed by atoms with Crippen molar-refractivity contribution in [1.29, 1.82) is 0 Å². The van der Waals surface area contributed by atoms with Crippen LogP contribution in [0.4, 0.5) is 10.5 Å². The van der Waals surface area contributed by atoms with Crippen LogP contribution in [0.2, 0.25) is 5.02 Å². The van der Waals surface area contributed by atoms with Gasteiger partial charge in [0.05, 0.1) is 29.2 Å². The zero-order valence-corrected chi connectivity index (χ0v) is 21.5. The van der Waals surface area contributed by atoms with E-state index in [0.717, 1.165) is 16.7 Å². The van der Waals surface area contributed by atoms with Gasteiger partial charge in [0.15, 0.2) is 11.5 Å². The van der Waals surface area contributed by atoms with E-state index < -0.39 is 23.6 Å². The van der Waals surface area contributed by atoms with Gasteiger partial charge in [-0.25, -0.2) is 0 Å². The predicted molar refractivity (Wildman–Crippen MR) is 137 cm³/mol. The van der Waals surface area contributed by atoms with Gasteiger partial charge in [0.1, 0.15) is 12.3 Å². The molecule has 0 saturated carbocycles. The molecule has 1 fully saturated rings. The van der Waals surface area contributed by atoms with Gasteiger partial charge in [-0.2, -0.15) is 0 Å². The van der Waals surface area contributed by atoms with Crippen molar-refractivity contribution in [1.82, 2.24) is 4.90 Å². The number of nitrogens with zero attached hydrogens (tertiary/aromatic N) is 1. The molecule has 1 N–H and O–H groups in total. The summed E-state index contributed by atoms with van der Waals surface area (Å²) in [5, 5.41) is 2.47. The number of imide groups is 1. The molecule has 2 aromatic rings. The van der Waals surface area contributed by atoms with Crippen molar-refractivity contribution in [2.24, 2.45) is 0 Å². The largest absolute Gasteiger partial charge is 0.494 e. The first-order valence-corrected chi connectivity index (χ1v) is 12.3. The molecule has 0 unspecified atom stereocenters. The highest BCUT2D eigenvalue weighted by molar-refractivity contribution is 8.18. The average Bonchev–Trinajstić information content (AvgIpc) is 3.05. The van der Waals surface area contributed by atoms with Crippen LogP contribution in [0.25, 0.3) is 6.08 Å². The van der Waals surface area contributed by atoms with E-state index in [1.54, 1.807) is 42.5 Å². The van der Waals surface area contributed by atoms with E-state index in [2.05, 4.69) is 5.32 Å². The number of carbonyl (C=O) groups is 3. The zero-order chi connectivity index (χ0) is 25.5. The quantitative estimate of drug-likeness (QED) is 0.409. The number of anilines is 1. The summed E-state index contributed by atoms with van der Waals surface area (Å²) >= 11 is 7.16. The fraction of sp³-hybridized carbons (Fsp3) is 0.320. The molecule has 0 spiro atoms. The maximum Gasteiger partial charge on any atom is 0.294 e. The Hall–Kier alpha value is -3.17. The Morgan fingerprint density at radius 3 is 2.43 bits per heavy atom. The van der Waals surface area contributed by atoms with E-state index >= 15 is 0 Å². The maximum absolute atomic E-state index is 12.9. The van der Waals surface area contributed by atoms with Crippen LogP contribution in [0.1, 0.15) is 33.3 Å². The van der Waals surface area contributed by atoms with Gasteiger partial charge in [0, 0.05) is 5.69 Å². The molecule has 1 heterocycles. The number of nitrogens with one attached hydrogen (secondary N) is 1. The number of ether oxygens (including phenoxy) is 3. The van der Waals surface area contributed by atoms with Gasteiger partial charge in [0.25, 0.3) is 11.1 Å². The highest BCUT2D eigenvalue weighted by Crippen LogP contribution is 2.39. The number of benzene rings is 2. The topological polar surface area (TPSA) is 94.2 Å². The van der Waals surface area contributed by atoms with Gasteiger partial charge < -0.3 is 19.5 Å². The molecule has 3 rings (SSSR count). The minimum absolute atomic E-state index is 0.109. The summed E-state index contributed by atoms with van der Waals surface area (Å²) in [4.78, 5) is 38.9. The zero-order valence-electron chi connectivity index (χ0n) is 19.9. The average molecular weight is 519 g/mol. The van der Waals surface area contributed by atoms with Gasteiger partial charge in [0.2, 0.25) is 5.91 Å². The van der Waals surface area contributed by atoms with E-state index in [-0.39, 0.29) is 11.0 Å². The monoisotopic (exact) mass is 518 g/mol. The molecule has 1 saturated heterocycles. The Morgan fingerprint density at radius 1 is 1.11 bits per heavy atom. The second-order valence-corrected chi connectivity index (χ2v) is 9.10. The van der Waals surface area contributed by atoms with Crippen LogP contribution < -0.4 is 19.5 Å². The molecule has 0 atom stereocenters. The highest BCUT2D eigenvalue weighted by Gasteiger charge is 2.36. The molecule has 1 aliphatic rings. The number of amides is 3. The Labute approximate surface area is 213 Å². The Bertz CT molecular complexity index is 1130. The lowest BCUT2D eigenvalue weighted by molar-refractivity contribution is -0.127. The van der Waals surface area contributed by atoms with E-state index in [1.165, 1.54) is 0 Å². The van der Waals surface area contributed by atoms with Crippen LogP contribution in [-0.4, -0.2) is 47.8 Å². The van der Waals surface area contributed by atoms with Crippen LogP contribution in [-0.2, 0) is 9.59 Å². The minimum atomic E-state index is -0.557. The van der Waals surface area contributed by atoms with E-state index in [9.17, 15) is 14.4 Å². The minimum Gasteiger partial charge on any atom is -0.494 e. The van der Waals surface area contributed by atoms with Crippen molar-refractivity contribution in [2.75, 3.05) is 25.1 Å². The molecular weight excluding hydrogens is 492 g/mol. The van der Waals surface area contributed by atoms with Crippen molar-refractivity contribution in [3.8, 4) is 17.2 Å². The Balaban J connectivity index is 1.73. The van der Waals surface area contributed by atoms with Crippen LogP contribution in [0.15, 0.2) is 41.3 Å². The van der Waals surface area contributed by atoms with E-state index in [1.807, 2.05) is 27.7 Å². The van der Waals surface area contributed by atoms with Crippen molar-refractivity contribution in [3.05, 3.63) is 51.9 Å². The lowest BCUT2D eigenvalue weighted by Crippen LogP contribution is -2.36. The van der Waals surface area contributed by atoms with Crippen molar-refractivity contribution >= 4 is 52.2 Å². The summed E-state index contributed by atoms with van der Waals surface area (Å²) in [6, 6.07) is 10.1. The van der Waals surface area contributed by atoms with Gasteiger partial charge >= 0.3 is 0 Å². The third-order valence-corrected chi connectivity index (χ3v) is 5.80. The molecular formula is C25H27ClN2O6S. The third-order valence-electron chi connectivity index (χ3n) is 4.61. The molecule has 3 amide bonds. The number of carbonyl (C=O) groups excluding carboxylic acids is 3. The smallest absolute Gasteiger partial charge is 0.294 e. The maximum atomic E-state index is 12.9. The lowest BCUT2D eigenvalue weighted by atomic mass is 10.1. The van der Waals surface area contributed by atoms with E-state index in [0.29, 0.717) is 46.7 Å². The van der Waals surface area contributed by atoms with Crippen LogP contribution in [0.3, 0.4) is 0 Å². The van der Waals surface area contributed by atoms with Crippen LogP contribution >= 0.6 is 23.4 Å². The molecule has 186 valence electrons. The fourth-order valence-electron chi connectivity index (χ4n) is 3.22. The molecule has 0 bridgehead atoms. The summed E-state index contributed by atoms with van der Waals surface area (Å²) in [5.74, 6) is 0.486. The Kier molecular flexibility index (Phi) is 9.06. The number of rotatable bonds is 10. The molecule has 10 heteroatoms. The van der Waals surface area contributed by atoms with Crippen molar-refractivity contribution in [3.63, 3.8) is 0 Å². The summed E-state index contributed by atoms with van der Waals surface area (Å²) in [6.45, 7) is 8.00. The second-order valence-electron chi connectivity index (χ2n) is 7.70. The van der Waals surface area contributed by atoms with Gasteiger partial charge in [-0.05, 0) is 87.5 Å². The molecule has 1 aliphatic heterocycles. The summed E-state index contributed by atoms with van der Waals surface area (Å²) in [6.07, 6.45) is 1.44. The SMILES string of the molecule is CCOc1ccc(NC(=O)CN2C(=O)S/C(=C/c3cc(Cl)c(OC(C)C)c(OCC)c3)C2=O)cc1. The molecule has 8 nitrogen and oxygen atoms in total. The predicted octanol–water partition coefficient (Wildman–Crippen LogP) is 5.60. The van der Waals surface area contributed by atoms with Gasteiger partial charge in [-0.1, -0.05) is 11.6 Å². The third kappa shape index (κ3) is 6.93. The van der Waals surface area contributed by atoms with Crippen molar-refractivity contribution in [2.45, 2.75) is 33.8 Å². The number of hydrogen-bond donors (Lipinski definition) is 1. The number of thioether (sulfide) groups is 1. The van der Waals surface area contributed by atoms with Crippen LogP contribution in [0.5, 0.6) is 17.2 Å². The molecule has 0 aromatic heterocycles. The number of halogens is 1. The normalized spacial score (nSPS) is 14.6. The van der Waals surface area contributed by atoms with Gasteiger partial charge in [-0.3, -0.25) is 19.3 Å². The summed E-state index contributed by atoms with van der Waals surface area (Å²) < 4.78 is 16.8. The van der Waals surface area contributed by atoms with Gasteiger partial charge in [-0.15, -0.1) is 0 Å². The first-order valence-electron chi connectivity index (χ1n) is 11.1. The highest BCUT2D eigenvalue weighted by atomic mass is 35.5. The van der Waals surface area contributed by atoms with Crippen molar-refractivity contribution < 1.29 is 28.6 Å². The first-order chi connectivity index (χ1) is 16.7. The van der Waals surface area contributed by atoms with E-state index in [4.69, 9.17) is 25.8 Å². The lowest BCUT2D eigenvalue weighted by Gasteiger charge is -2.16. The molecule has 0 radical (unpaired) electrons. The van der Waals surface area contributed by atoms with Crippen LogP contribution in [0, 0.1) is 0 Å². The molecule has 2 aromatic carbocycles. The Morgan fingerprint density at radius 2 is 1.80 bits per heavy atom. The molecule has 35 heavy (non-hydrogen) atoms. The summed E-state index contributed by atoms with van der Waals surface area (Å²) in [7, 11) is 0. The molecule has 0 aliphatic carbocycles. The standard InChI is InChI=1S/C25H27ClN2O6S/c1-5-32-18-9-7-17(8-10-18)27-22(29)14-28-24(30)21(35-25(28)31)13-16-11-19(26)23(34-15(3)4)20(12-16)33-6-2/h7-13,15H,5-6,14H2,1-4H3,(H,27,29)/b21-13+.